The second-order valence-electron chi connectivity index (χ2n) is 16.0. The van der Waals surface area contributed by atoms with Gasteiger partial charge >= 0.3 is 5.97 Å². The number of rotatable bonds is 22. The third-order valence-corrected chi connectivity index (χ3v) is 9.42. The van der Waals surface area contributed by atoms with E-state index in [2.05, 4.69) is 31.3 Å². The number of nitrogens with one attached hydrogen (secondary N) is 4. The predicted molar refractivity (Wildman–Crippen MR) is 219 cm³/mol. The molecule has 1 aromatic carbocycles. The number of hydrogen-bond donors (Lipinski definition) is 11. The Morgan fingerprint density at radius 3 is 2.00 bits per heavy atom. The summed E-state index contributed by atoms with van der Waals surface area (Å²) >= 11 is 0. The van der Waals surface area contributed by atoms with Gasteiger partial charge in [-0.15, -0.1) is 0 Å². The number of aromatic hydroxyl groups is 1. The number of hydrogen-bond acceptors (Lipinski definition) is 10. The standard InChI is InChI=1S/C38H64N12O8/c1-21(2)18-27(35(57)58)48-33(55)29(38(3,4)5)49-31(53)26(20-22-10-6-11-23(51)19-22)47-32(54)28-14-9-17-50(28)34(56)25(13-8-16-45-37(42)43)46-30(52)24(39)12-7-15-44-36(40)41/h6,10-11,19,21,24-29,51H,7-9,12-18,20,39H2,1-5H3,(H,46,52)(H,47,54)(H,48,55)(H,49,53)(H,57,58)(H4,40,41,44)(H4,42,43,45)/t24-,25-,26-,27-,28-,29+/m0/s1. The number of carbonyl (C=O) groups excluding carboxylic acids is 5. The van der Waals surface area contributed by atoms with Crippen molar-refractivity contribution in [3.8, 4) is 5.75 Å². The van der Waals surface area contributed by atoms with Crippen molar-refractivity contribution in [1.82, 2.24) is 26.2 Å². The quantitative estimate of drug-likeness (QED) is 0.0360. The molecule has 1 aromatic rings. The Morgan fingerprint density at radius 1 is 0.845 bits per heavy atom. The number of carboxylic acids is 1. The lowest BCUT2D eigenvalue weighted by Crippen LogP contribution is -2.61. The van der Waals surface area contributed by atoms with Gasteiger partial charge in [0.25, 0.3) is 0 Å². The molecule has 0 unspecified atom stereocenters. The van der Waals surface area contributed by atoms with Crippen molar-refractivity contribution in [2.24, 2.45) is 50.0 Å². The van der Waals surface area contributed by atoms with E-state index in [1.165, 1.54) is 17.0 Å². The number of carboxylic acid groups (broad SMARTS) is 1. The van der Waals surface area contributed by atoms with Crippen LogP contribution in [0.25, 0.3) is 0 Å². The van der Waals surface area contributed by atoms with Crippen molar-refractivity contribution in [3.05, 3.63) is 29.8 Å². The Kier molecular flexibility index (Phi) is 19.2. The van der Waals surface area contributed by atoms with E-state index in [0.29, 0.717) is 24.8 Å². The molecule has 0 radical (unpaired) electrons. The fraction of sp³-hybridized carbons (Fsp3) is 0.632. The van der Waals surface area contributed by atoms with Crippen molar-refractivity contribution < 1.29 is 39.0 Å². The normalized spacial score (nSPS) is 16.5. The van der Waals surface area contributed by atoms with E-state index in [1.807, 2.05) is 13.8 Å². The summed E-state index contributed by atoms with van der Waals surface area (Å²) in [7, 11) is 0. The molecular weight excluding hydrogens is 752 g/mol. The van der Waals surface area contributed by atoms with E-state index in [9.17, 15) is 39.0 Å². The molecule has 0 spiro atoms. The number of nitrogens with two attached hydrogens (primary N) is 5. The Balaban J connectivity index is 2.37. The van der Waals surface area contributed by atoms with Crippen LogP contribution in [0.4, 0.5) is 0 Å². The maximum absolute atomic E-state index is 14.1. The van der Waals surface area contributed by atoms with Gasteiger partial charge in [-0.1, -0.05) is 46.8 Å². The zero-order valence-corrected chi connectivity index (χ0v) is 34.2. The highest BCUT2D eigenvalue weighted by molar-refractivity contribution is 5.97. The zero-order valence-electron chi connectivity index (χ0n) is 34.2. The van der Waals surface area contributed by atoms with E-state index < -0.39 is 77.2 Å². The summed E-state index contributed by atoms with van der Waals surface area (Å²) < 4.78 is 0. The minimum Gasteiger partial charge on any atom is -0.508 e. The van der Waals surface area contributed by atoms with Gasteiger partial charge < -0.3 is 65.0 Å². The number of aliphatic carboxylic acids is 1. The molecule has 20 nitrogen and oxygen atoms in total. The SMILES string of the molecule is CC(C)C[C@H](NC(=O)[C@@H](NC(=O)[C@H](Cc1cccc(O)c1)NC(=O)[C@@H]1CCCN1C(=O)[C@H](CCCN=C(N)N)NC(=O)[C@@H](N)CCCN=C(N)N)C(C)(C)C)C(=O)O. The lowest BCUT2D eigenvalue weighted by molar-refractivity contribution is -0.143. The second-order valence-corrected chi connectivity index (χ2v) is 16.0. The third kappa shape index (κ3) is 16.4. The summed E-state index contributed by atoms with van der Waals surface area (Å²) in [6.07, 6.45) is 1.79. The van der Waals surface area contributed by atoms with Crippen LogP contribution in [0.1, 0.15) is 85.1 Å². The molecule has 0 saturated carbocycles. The first kappa shape index (κ1) is 48.5. The summed E-state index contributed by atoms with van der Waals surface area (Å²) in [5.74, 6) is -4.84. The lowest BCUT2D eigenvalue weighted by Gasteiger charge is -2.33. The number of nitrogens with zero attached hydrogens (tertiary/aromatic N) is 3. The van der Waals surface area contributed by atoms with Crippen LogP contribution in [0.5, 0.6) is 5.75 Å². The largest absolute Gasteiger partial charge is 0.508 e. The van der Waals surface area contributed by atoms with Crippen LogP contribution in [-0.2, 0) is 35.2 Å². The number of amides is 5. The highest BCUT2D eigenvalue weighted by Gasteiger charge is 2.41. The fourth-order valence-corrected chi connectivity index (χ4v) is 6.46. The molecule has 0 bridgehead atoms. The topological polar surface area (TPSA) is 349 Å². The summed E-state index contributed by atoms with van der Waals surface area (Å²) in [4.78, 5) is 90.2. The molecule has 16 N–H and O–H groups in total. The van der Waals surface area contributed by atoms with Crippen LogP contribution in [0.3, 0.4) is 0 Å². The van der Waals surface area contributed by atoms with E-state index in [-0.39, 0.29) is 75.3 Å². The number of benzene rings is 1. The molecule has 1 fully saturated rings. The highest BCUT2D eigenvalue weighted by atomic mass is 16.4. The molecule has 1 aliphatic rings. The van der Waals surface area contributed by atoms with E-state index >= 15 is 0 Å². The number of phenols is 1. The Bertz CT molecular complexity index is 1640. The van der Waals surface area contributed by atoms with Crippen molar-refractivity contribution >= 4 is 47.4 Å². The molecule has 58 heavy (non-hydrogen) atoms. The number of likely N-dealkylation sites (tertiary alicyclic amines) is 1. The molecular formula is C38H64N12O8. The molecule has 5 amide bonds. The van der Waals surface area contributed by atoms with Gasteiger partial charge in [0.15, 0.2) is 11.9 Å². The maximum atomic E-state index is 14.1. The van der Waals surface area contributed by atoms with Crippen molar-refractivity contribution in [1.29, 1.82) is 0 Å². The molecule has 2 rings (SSSR count). The lowest BCUT2D eigenvalue weighted by atomic mass is 9.85. The number of carbonyl (C=O) groups is 6. The van der Waals surface area contributed by atoms with Crippen LogP contribution in [-0.4, -0.2) is 118 Å². The van der Waals surface area contributed by atoms with Crippen LogP contribution < -0.4 is 49.9 Å². The molecule has 1 heterocycles. The Hall–Kier alpha value is -5.66. The summed E-state index contributed by atoms with van der Waals surface area (Å²) in [5, 5.41) is 30.6. The Morgan fingerprint density at radius 2 is 1.45 bits per heavy atom. The molecule has 20 heteroatoms. The van der Waals surface area contributed by atoms with Gasteiger partial charge in [-0.3, -0.25) is 34.0 Å². The predicted octanol–water partition coefficient (Wildman–Crippen LogP) is -1.52. The Labute approximate surface area is 339 Å². The first-order valence-electron chi connectivity index (χ1n) is 19.5. The fourth-order valence-electron chi connectivity index (χ4n) is 6.46. The smallest absolute Gasteiger partial charge is 0.326 e. The first-order chi connectivity index (χ1) is 27.1. The van der Waals surface area contributed by atoms with Crippen molar-refractivity contribution in [2.45, 2.75) is 122 Å². The van der Waals surface area contributed by atoms with E-state index in [0.717, 1.165) is 0 Å². The van der Waals surface area contributed by atoms with Gasteiger partial charge in [-0.2, -0.15) is 0 Å². The van der Waals surface area contributed by atoms with Gasteiger partial charge in [0.05, 0.1) is 6.04 Å². The van der Waals surface area contributed by atoms with Gasteiger partial charge in [0, 0.05) is 26.1 Å². The van der Waals surface area contributed by atoms with Gasteiger partial charge in [-0.05, 0) is 74.0 Å². The number of aliphatic imine (C=N–C) groups is 2. The minimum atomic E-state index is -1.30. The molecule has 6 atom stereocenters. The average Bonchev–Trinajstić information content (AvgIpc) is 3.62. The molecule has 324 valence electrons. The molecule has 0 aromatic heterocycles. The zero-order chi connectivity index (χ0) is 43.7. The second kappa shape index (κ2) is 22.9. The molecule has 1 aliphatic heterocycles. The summed E-state index contributed by atoms with van der Waals surface area (Å²) in [6, 6.07) is -0.745. The van der Waals surface area contributed by atoms with Gasteiger partial charge in [0.2, 0.25) is 29.5 Å². The highest BCUT2D eigenvalue weighted by Crippen LogP contribution is 2.23. The first-order valence-corrected chi connectivity index (χ1v) is 19.5. The van der Waals surface area contributed by atoms with Gasteiger partial charge in [0.1, 0.15) is 36.0 Å². The molecule has 0 aliphatic carbocycles. The van der Waals surface area contributed by atoms with E-state index in [1.54, 1.807) is 32.9 Å². The van der Waals surface area contributed by atoms with Crippen molar-refractivity contribution in [2.75, 3.05) is 19.6 Å². The summed E-state index contributed by atoms with van der Waals surface area (Å²) in [6.45, 7) is 9.35. The summed E-state index contributed by atoms with van der Waals surface area (Å²) in [5.41, 5.74) is 27.3. The van der Waals surface area contributed by atoms with Crippen LogP contribution in [0.15, 0.2) is 34.3 Å². The van der Waals surface area contributed by atoms with Crippen LogP contribution in [0.2, 0.25) is 0 Å². The minimum absolute atomic E-state index is 0.0466. The number of guanidine groups is 2. The average molecular weight is 817 g/mol. The van der Waals surface area contributed by atoms with Crippen LogP contribution in [0, 0.1) is 11.3 Å². The number of phenolic OH excluding ortho intramolecular Hbond substituents is 1. The van der Waals surface area contributed by atoms with Crippen molar-refractivity contribution in [3.63, 3.8) is 0 Å². The third-order valence-electron chi connectivity index (χ3n) is 9.42. The van der Waals surface area contributed by atoms with E-state index in [4.69, 9.17) is 28.7 Å². The molecule has 1 saturated heterocycles. The maximum Gasteiger partial charge on any atom is 0.326 e. The van der Waals surface area contributed by atoms with Crippen LogP contribution >= 0.6 is 0 Å². The van der Waals surface area contributed by atoms with Gasteiger partial charge in [-0.25, -0.2) is 4.79 Å². The monoisotopic (exact) mass is 816 g/mol.